The number of ether oxygens (including phenoxy) is 2. The van der Waals surface area contributed by atoms with Crippen LogP contribution in [0.3, 0.4) is 0 Å². The minimum atomic E-state index is -4.52. The number of hydrogen-bond donors (Lipinski definition) is 1. The molecular formula is C19H21F3N4O3. The number of alkyl halides is 3. The third kappa shape index (κ3) is 6.05. The van der Waals surface area contributed by atoms with Gasteiger partial charge in [-0.25, -0.2) is 9.97 Å². The van der Waals surface area contributed by atoms with Gasteiger partial charge in [-0.1, -0.05) is 6.07 Å². The van der Waals surface area contributed by atoms with Crippen molar-refractivity contribution in [1.29, 1.82) is 0 Å². The summed E-state index contributed by atoms with van der Waals surface area (Å²) >= 11 is 0. The number of carbonyl (C=O) groups excluding carboxylic acids is 1. The van der Waals surface area contributed by atoms with E-state index >= 15 is 0 Å². The maximum Gasteiger partial charge on any atom is 0.422 e. The first-order valence-corrected chi connectivity index (χ1v) is 9.06. The van der Waals surface area contributed by atoms with Crippen LogP contribution in [0.4, 0.5) is 19.0 Å². The zero-order valence-electron chi connectivity index (χ0n) is 15.8. The van der Waals surface area contributed by atoms with Crippen LogP contribution >= 0.6 is 0 Å². The Balaban J connectivity index is 1.58. The Labute approximate surface area is 165 Å². The molecule has 29 heavy (non-hydrogen) atoms. The lowest BCUT2D eigenvalue weighted by Crippen LogP contribution is -2.41. The minimum absolute atomic E-state index is 0.0661. The number of rotatable bonds is 6. The first kappa shape index (κ1) is 20.8. The van der Waals surface area contributed by atoms with Crippen LogP contribution in [0, 0.1) is 0 Å². The van der Waals surface area contributed by atoms with E-state index in [0.29, 0.717) is 6.61 Å². The molecule has 3 heterocycles. The van der Waals surface area contributed by atoms with Gasteiger partial charge in [-0.15, -0.1) is 0 Å². The van der Waals surface area contributed by atoms with Gasteiger partial charge >= 0.3 is 6.18 Å². The van der Waals surface area contributed by atoms with E-state index in [1.54, 1.807) is 6.20 Å². The van der Waals surface area contributed by atoms with Crippen molar-refractivity contribution in [1.82, 2.24) is 15.3 Å². The summed E-state index contributed by atoms with van der Waals surface area (Å²) in [5, 5.41) is 2.65. The molecule has 2 aromatic rings. The highest BCUT2D eigenvalue weighted by molar-refractivity contribution is 5.96. The lowest BCUT2D eigenvalue weighted by atomic mass is 10.2. The molecule has 3 rings (SSSR count). The molecule has 156 valence electrons. The molecule has 7 nitrogen and oxygen atoms in total. The van der Waals surface area contributed by atoms with Gasteiger partial charge in [0.15, 0.2) is 6.61 Å². The Kier molecular flexibility index (Phi) is 6.53. The molecular weight excluding hydrogens is 389 g/mol. The molecule has 1 aliphatic heterocycles. The van der Waals surface area contributed by atoms with E-state index in [0.717, 1.165) is 24.5 Å². The van der Waals surface area contributed by atoms with Gasteiger partial charge in [0.05, 0.1) is 12.7 Å². The van der Waals surface area contributed by atoms with Gasteiger partial charge in [0.25, 0.3) is 5.91 Å². The van der Waals surface area contributed by atoms with Crippen molar-refractivity contribution in [2.75, 3.05) is 31.2 Å². The number of anilines is 1. The van der Waals surface area contributed by atoms with Crippen molar-refractivity contribution in [3.8, 4) is 5.88 Å². The number of nitrogens with one attached hydrogen (secondary N) is 1. The highest BCUT2D eigenvalue weighted by Crippen LogP contribution is 2.20. The highest BCUT2D eigenvalue weighted by Gasteiger charge is 2.29. The molecule has 1 atom stereocenters. The second-order valence-corrected chi connectivity index (χ2v) is 6.59. The number of hydrogen-bond acceptors (Lipinski definition) is 6. The van der Waals surface area contributed by atoms with Gasteiger partial charge in [0, 0.05) is 32.0 Å². The number of carbonyl (C=O) groups is 1. The molecule has 1 fully saturated rings. The van der Waals surface area contributed by atoms with Crippen molar-refractivity contribution < 1.29 is 27.4 Å². The predicted octanol–water partition coefficient (Wildman–Crippen LogP) is 2.57. The number of nitrogens with zero attached hydrogens (tertiary/aromatic N) is 3. The van der Waals surface area contributed by atoms with Crippen LogP contribution in [-0.2, 0) is 11.3 Å². The fourth-order valence-corrected chi connectivity index (χ4v) is 2.84. The first-order valence-electron chi connectivity index (χ1n) is 9.06. The molecule has 1 N–H and O–H groups in total. The summed E-state index contributed by atoms with van der Waals surface area (Å²) in [6, 6.07) is 6.51. The molecule has 10 heteroatoms. The largest absolute Gasteiger partial charge is 0.467 e. The van der Waals surface area contributed by atoms with Crippen LogP contribution in [0.25, 0.3) is 0 Å². The number of halogens is 3. The Morgan fingerprint density at radius 2 is 2.17 bits per heavy atom. The van der Waals surface area contributed by atoms with Gasteiger partial charge < -0.3 is 19.7 Å². The van der Waals surface area contributed by atoms with Crippen LogP contribution < -0.4 is 15.0 Å². The summed E-state index contributed by atoms with van der Waals surface area (Å²) < 4.78 is 47.2. The first-order chi connectivity index (χ1) is 13.8. The van der Waals surface area contributed by atoms with Crippen LogP contribution in [0.15, 0.2) is 36.7 Å². The van der Waals surface area contributed by atoms with Gasteiger partial charge in [-0.2, -0.15) is 13.2 Å². The summed E-state index contributed by atoms with van der Waals surface area (Å²) in [4.78, 5) is 22.6. The van der Waals surface area contributed by atoms with Crippen molar-refractivity contribution in [3.63, 3.8) is 0 Å². The topological polar surface area (TPSA) is 76.6 Å². The molecule has 0 saturated carbocycles. The van der Waals surface area contributed by atoms with E-state index in [9.17, 15) is 18.0 Å². The molecule has 1 aliphatic rings. The molecule has 1 amide bonds. The fraction of sp³-hybridized carbons (Fsp3) is 0.421. The molecule has 0 unspecified atom stereocenters. The van der Waals surface area contributed by atoms with Gasteiger partial charge in [-0.05, 0) is 30.7 Å². The summed E-state index contributed by atoms with van der Waals surface area (Å²) in [6.07, 6.45) is -1.47. The zero-order valence-corrected chi connectivity index (χ0v) is 15.8. The smallest absolute Gasteiger partial charge is 0.422 e. The number of pyridine rings is 2. The average Bonchev–Trinajstić information content (AvgIpc) is 2.70. The van der Waals surface area contributed by atoms with Crippen LogP contribution in [0.1, 0.15) is 22.8 Å². The van der Waals surface area contributed by atoms with E-state index in [1.807, 2.05) is 19.1 Å². The van der Waals surface area contributed by atoms with E-state index in [4.69, 9.17) is 4.74 Å². The second kappa shape index (κ2) is 9.08. The summed E-state index contributed by atoms with van der Waals surface area (Å²) in [5.41, 5.74) is 0.689. The second-order valence-electron chi connectivity index (χ2n) is 6.59. The summed E-state index contributed by atoms with van der Waals surface area (Å²) in [7, 11) is 0. The maximum atomic E-state index is 12.4. The van der Waals surface area contributed by atoms with E-state index in [-0.39, 0.29) is 24.1 Å². The van der Waals surface area contributed by atoms with Gasteiger partial charge in [0.2, 0.25) is 5.88 Å². The molecule has 0 aromatic carbocycles. The van der Waals surface area contributed by atoms with E-state index in [1.165, 1.54) is 18.3 Å². The number of amides is 1. The highest BCUT2D eigenvalue weighted by atomic mass is 19.4. The molecule has 0 aliphatic carbocycles. The average molecular weight is 410 g/mol. The Bertz CT molecular complexity index is 830. The van der Waals surface area contributed by atoms with E-state index < -0.39 is 18.7 Å². The minimum Gasteiger partial charge on any atom is -0.467 e. The quantitative estimate of drug-likeness (QED) is 0.789. The Hall–Kier alpha value is -2.88. The molecule has 0 bridgehead atoms. The molecule has 0 spiro atoms. The summed E-state index contributed by atoms with van der Waals surface area (Å²) in [5.74, 6) is -0.121. The molecule has 0 radical (unpaired) electrons. The lowest BCUT2D eigenvalue weighted by Gasteiger charge is -2.32. The lowest BCUT2D eigenvalue weighted by molar-refractivity contribution is -0.154. The van der Waals surface area contributed by atoms with Crippen molar-refractivity contribution in [2.45, 2.75) is 25.7 Å². The normalized spacial score (nSPS) is 17.1. The van der Waals surface area contributed by atoms with Crippen molar-refractivity contribution >= 4 is 11.7 Å². The monoisotopic (exact) mass is 410 g/mol. The Morgan fingerprint density at radius 1 is 1.34 bits per heavy atom. The summed E-state index contributed by atoms with van der Waals surface area (Å²) in [6.45, 7) is 2.81. The van der Waals surface area contributed by atoms with Crippen molar-refractivity contribution in [3.05, 3.63) is 47.8 Å². The maximum absolute atomic E-state index is 12.4. The van der Waals surface area contributed by atoms with Gasteiger partial charge in [-0.3, -0.25) is 4.79 Å². The van der Waals surface area contributed by atoms with Crippen molar-refractivity contribution in [2.24, 2.45) is 0 Å². The van der Waals surface area contributed by atoms with Crippen LogP contribution in [-0.4, -0.2) is 54.5 Å². The van der Waals surface area contributed by atoms with E-state index in [2.05, 4.69) is 24.9 Å². The molecule has 2 aromatic heterocycles. The SMILES string of the molecule is C[C@H]1CN(c2ccc(CNC(=O)c3cccnc3OCC(F)(F)F)cn2)CCO1. The van der Waals surface area contributed by atoms with Crippen LogP contribution in [0.2, 0.25) is 0 Å². The standard InChI is InChI=1S/C19H21F3N4O3/c1-13-11-26(7-8-28-13)16-5-4-14(9-24-16)10-25-17(27)15-3-2-6-23-18(15)29-12-19(20,21)22/h2-6,9,13H,7-8,10-12H2,1H3,(H,25,27)/t13-/m0/s1. The number of morpholine rings is 1. The van der Waals surface area contributed by atoms with Gasteiger partial charge in [0.1, 0.15) is 11.4 Å². The zero-order chi connectivity index (χ0) is 20.9. The van der Waals surface area contributed by atoms with Crippen LogP contribution in [0.5, 0.6) is 5.88 Å². The fourth-order valence-electron chi connectivity index (χ4n) is 2.84. The third-order valence-corrected chi connectivity index (χ3v) is 4.22. The predicted molar refractivity (Wildman–Crippen MR) is 98.8 cm³/mol. The molecule has 1 saturated heterocycles. The Morgan fingerprint density at radius 3 is 2.86 bits per heavy atom. The third-order valence-electron chi connectivity index (χ3n) is 4.22. The number of aromatic nitrogens is 2.